The zero-order valence-corrected chi connectivity index (χ0v) is 9.51. The van der Waals surface area contributed by atoms with E-state index in [1.54, 1.807) is 0 Å². The first-order valence-corrected chi connectivity index (χ1v) is 5.56. The number of nitrogens with one attached hydrogen (secondary N) is 1. The Kier molecular flexibility index (Phi) is 4.20. The molecule has 0 aliphatic heterocycles. The summed E-state index contributed by atoms with van der Waals surface area (Å²) < 4.78 is 0. The maximum Gasteiger partial charge on any atom is 0.0248 e. The summed E-state index contributed by atoms with van der Waals surface area (Å²) in [5.41, 5.74) is 0. The summed E-state index contributed by atoms with van der Waals surface area (Å²) in [6.45, 7) is 4.56. The quantitative estimate of drug-likeness (QED) is 0.720. The zero-order valence-electron chi connectivity index (χ0n) is 9.51. The van der Waals surface area contributed by atoms with Gasteiger partial charge in [0, 0.05) is 18.1 Å². The minimum absolute atomic E-state index is 0.666. The van der Waals surface area contributed by atoms with Crippen molar-refractivity contribution < 1.29 is 0 Å². The van der Waals surface area contributed by atoms with Gasteiger partial charge in [-0.2, -0.15) is 0 Å². The van der Waals surface area contributed by atoms with Gasteiger partial charge in [0.1, 0.15) is 0 Å². The molecule has 0 aromatic rings. The predicted molar refractivity (Wildman–Crippen MR) is 58.0 cm³/mol. The first-order chi connectivity index (χ1) is 6.16. The Labute approximate surface area is 82.7 Å². The number of hydrogen-bond donors (Lipinski definition) is 1. The Morgan fingerprint density at radius 2 is 1.85 bits per heavy atom. The van der Waals surface area contributed by atoms with Crippen LogP contribution in [0.5, 0.6) is 0 Å². The summed E-state index contributed by atoms with van der Waals surface area (Å²) in [5.74, 6) is 0. The molecule has 0 amide bonds. The minimum atomic E-state index is 0.666. The van der Waals surface area contributed by atoms with Gasteiger partial charge in [0.05, 0.1) is 0 Å². The Morgan fingerprint density at radius 1 is 1.23 bits per heavy atom. The summed E-state index contributed by atoms with van der Waals surface area (Å²) in [4.78, 5) is 2.51. The highest BCUT2D eigenvalue weighted by molar-refractivity contribution is 4.87. The van der Waals surface area contributed by atoms with E-state index in [2.05, 4.69) is 38.2 Å². The van der Waals surface area contributed by atoms with Gasteiger partial charge in [-0.3, -0.25) is 4.90 Å². The van der Waals surface area contributed by atoms with Crippen LogP contribution in [0.25, 0.3) is 0 Å². The van der Waals surface area contributed by atoms with Crippen molar-refractivity contribution >= 4 is 0 Å². The standard InChI is InChI=1S/C11H24N2/c1-9(2)13(4)11-8-6-5-7-10(11)12-3/h9-12H,5-8H2,1-4H3/t10-,11-/m0/s1. The second-order valence-electron chi connectivity index (χ2n) is 4.51. The van der Waals surface area contributed by atoms with E-state index in [1.165, 1.54) is 25.7 Å². The third-order valence-corrected chi connectivity index (χ3v) is 3.44. The monoisotopic (exact) mass is 184 g/mol. The van der Waals surface area contributed by atoms with E-state index in [1.807, 2.05) is 0 Å². The smallest absolute Gasteiger partial charge is 0.0248 e. The fourth-order valence-corrected chi connectivity index (χ4v) is 2.32. The molecule has 0 radical (unpaired) electrons. The summed E-state index contributed by atoms with van der Waals surface area (Å²) in [7, 11) is 4.35. The average Bonchev–Trinajstić information content (AvgIpc) is 2.16. The summed E-state index contributed by atoms with van der Waals surface area (Å²) in [5, 5.41) is 3.45. The van der Waals surface area contributed by atoms with E-state index in [9.17, 15) is 0 Å². The van der Waals surface area contributed by atoms with Crippen molar-refractivity contribution in [2.24, 2.45) is 0 Å². The van der Waals surface area contributed by atoms with Crippen LogP contribution in [0.15, 0.2) is 0 Å². The van der Waals surface area contributed by atoms with Crippen LogP contribution in [-0.4, -0.2) is 37.1 Å². The molecule has 0 aromatic carbocycles. The van der Waals surface area contributed by atoms with Crippen molar-refractivity contribution in [3.63, 3.8) is 0 Å². The van der Waals surface area contributed by atoms with Crippen LogP contribution in [0.3, 0.4) is 0 Å². The molecule has 13 heavy (non-hydrogen) atoms. The van der Waals surface area contributed by atoms with Gasteiger partial charge in [-0.05, 0) is 40.8 Å². The lowest BCUT2D eigenvalue weighted by Crippen LogP contribution is -2.51. The van der Waals surface area contributed by atoms with Crippen molar-refractivity contribution in [1.29, 1.82) is 0 Å². The molecule has 1 rings (SSSR count). The molecule has 1 aliphatic rings. The van der Waals surface area contributed by atoms with E-state index in [0.29, 0.717) is 12.1 Å². The lowest BCUT2D eigenvalue weighted by atomic mass is 9.89. The topological polar surface area (TPSA) is 15.3 Å². The van der Waals surface area contributed by atoms with Gasteiger partial charge in [-0.1, -0.05) is 12.8 Å². The van der Waals surface area contributed by atoms with Crippen LogP contribution in [0, 0.1) is 0 Å². The van der Waals surface area contributed by atoms with E-state index in [0.717, 1.165) is 6.04 Å². The van der Waals surface area contributed by atoms with Gasteiger partial charge in [0.2, 0.25) is 0 Å². The summed E-state index contributed by atoms with van der Waals surface area (Å²) in [6, 6.07) is 2.12. The molecular weight excluding hydrogens is 160 g/mol. The number of likely N-dealkylation sites (N-methyl/N-ethyl adjacent to an activating group) is 2. The maximum atomic E-state index is 3.45. The molecule has 1 fully saturated rings. The van der Waals surface area contributed by atoms with Crippen molar-refractivity contribution in [2.45, 2.75) is 57.7 Å². The molecule has 1 saturated carbocycles. The fourth-order valence-electron chi connectivity index (χ4n) is 2.32. The average molecular weight is 184 g/mol. The minimum Gasteiger partial charge on any atom is -0.315 e. The third-order valence-electron chi connectivity index (χ3n) is 3.44. The fraction of sp³-hybridized carbons (Fsp3) is 1.00. The summed E-state index contributed by atoms with van der Waals surface area (Å²) >= 11 is 0. The van der Waals surface area contributed by atoms with Crippen LogP contribution < -0.4 is 5.32 Å². The van der Waals surface area contributed by atoms with Crippen molar-refractivity contribution in [3.05, 3.63) is 0 Å². The van der Waals surface area contributed by atoms with E-state index >= 15 is 0 Å². The number of nitrogens with zero attached hydrogens (tertiary/aromatic N) is 1. The molecule has 0 saturated heterocycles. The maximum absolute atomic E-state index is 3.45. The van der Waals surface area contributed by atoms with Gasteiger partial charge >= 0.3 is 0 Å². The SMILES string of the molecule is CN[C@H]1CCCC[C@@H]1N(C)C(C)C. The molecule has 78 valence electrons. The molecular formula is C11H24N2. The van der Waals surface area contributed by atoms with Crippen molar-refractivity contribution in [1.82, 2.24) is 10.2 Å². The lowest BCUT2D eigenvalue weighted by Gasteiger charge is -2.40. The largest absolute Gasteiger partial charge is 0.315 e. The number of hydrogen-bond acceptors (Lipinski definition) is 2. The van der Waals surface area contributed by atoms with Crippen LogP contribution in [0.2, 0.25) is 0 Å². The Balaban J connectivity index is 2.53. The number of rotatable bonds is 3. The molecule has 2 nitrogen and oxygen atoms in total. The molecule has 0 aromatic heterocycles. The molecule has 2 atom stereocenters. The predicted octanol–water partition coefficient (Wildman–Crippen LogP) is 1.86. The van der Waals surface area contributed by atoms with E-state index in [4.69, 9.17) is 0 Å². The molecule has 2 heteroatoms. The van der Waals surface area contributed by atoms with Gasteiger partial charge < -0.3 is 5.32 Å². The molecule has 0 heterocycles. The van der Waals surface area contributed by atoms with Gasteiger partial charge in [0.25, 0.3) is 0 Å². The first kappa shape index (κ1) is 11.0. The van der Waals surface area contributed by atoms with Crippen LogP contribution in [0.1, 0.15) is 39.5 Å². The molecule has 0 spiro atoms. The molecule has 1 N–H and O–H groups in total. The summed E-state index contributed by atoms with van der Waals surface area (Å²) in [6.07, 6.45) is 5.51. The normalized spacial score (nSPS) is 30.0. The first-order valence-electron chi connectivity index (χ1n) is 5.56. The second-order valence-corrected chi connectivity index (χ2v) is 4.51. The Morgan fingerprint density at radius 3 is 2.38 bits per heavy atom. The van der Waals surface area contributed by atoms with E-state index in [-0.39, 0.29) is 0 Å². The highest BCUT2D eigenvalue weighted by Gasteiger charge is 2.27. The van der Waals surface area contributed by atoms with Crippen LogP contribution in [-0.2, 0) is 0 Å². The van der Waals surface area contributed by atoms with Gasteiger partial charge in [-0.25, -0.2) is 0 Å². The zero-order chi connectivity index (χ0) is 9.84. The van der Waals surface area contributed by atoms with Crippen molar-refractivity contribution in [2.75, 3.05) is 14.1 Å². The highest BCUT2D eigenvalue weighted by Crippen LogP contribution is 2.23. The van der Waals surface area contributed by atoms with Gasteiger partial charge in [0.15, 0.2) is 0 Å². The highest BCUT2D eigenvalue weighted by atomic mass is 15.2. The second kappa shape index (κ2) is 4.97. The van der Waals surface area contributed by atoms with Gasteiger partial charge in [-0.15, -0.1) is 0 Å². The Hall–Kier alpha value is -0.0800. The Bertz CT molecular complexity index is 143. The van der Waals surface area contributed by atoms with Crippen LogP contribution in [0.4, 0.5) is 0 Å². The third kappa shape index (κ3) is 2.68. The van der Waals surface area contributed by atoms with Crippen molar-refractivity contribution in [3.8, 4) is 0 Å². The van der Waals surface area contributed by atoms with Crippen LogP contribution >= 0.6 is 0 Å². The van der Waals surface area contributed by atoms with E-state index < -0.39 is 0 Å². The lowest BCUT2D eigenvalue weighted by molar-refractivity contribution is 0.124. The molecule has 0 unspecified atom stereocenters. The molecule has 1 aliphatic carbocycles. The molecule has 0 bridgehead atoms.